The molecule has 11 heavy (non-hydrogen) atoms. The van der Waals surface area contributed by atoms with E-state index in [9.17, 15) is 4.79 Å². The molecule has 1 aliphatic rings. The maximum Gasteiger partial charge on any atom is 0.132 e. The molecular weight excluding hydrogens is 140 g/mol. The molecule has 1 fully saturated rings. The van der Waals surface area contributed by atoms with Gasteiger partial charge in [-0.2, -0.15) is 0 Å². The van der Waals surface area contributed by atoms with Crippen LogP contribution >= 0.6 is 0 Å². The first-order valence-electron chi connectivity index (χ1n) is 4.37. The van der Waals surface area contributed by atoms with Crippen LogP contribution in [0.15, 0.2) is 0 Å². The van der Waals surface area contributed by atoms with Gasteiger partial charge in [-0.3, -0.25) is 4.79 Å². The Morgan fingerprint density at radius 2 is 1.82 bits per heavy atom. The van der Waals surface area contributed by atoms with Crippen LogP contribution in [0.1, 0.15) is 38.5 Å². The van der Waals surface area contributed by atoms with Gasteiger partial charge in [0.2, 0.25) is 0 Å². The zero-order chi connectivity index (χ0) is 8.10. The van der Waals surface area contributed by atoms with Crippen molar-refractivity contribution in [2.24, 2.45) is 0 Å². The van der Waals surface area contributed by atoms with E-state index in [2.05, 4.69) is 0 Å². The topological polar surface area (TPSA) is 26.3 Å². The summed E-state index contributed by atoms with van der Waals surface area (Å²) in [6.45, 7) is 0. The number of methoxy groups -OCH3 is 1. The highest BCUT2D eigenvalue weighted by molar-refractivity contribution is 5.78. The van der Waals surface area contributed by atoms with E-state index in [4.69, 9.17) is 4.74 Å². The monoisotopic (exact) mass is 156 g/mol. The number of carbonyl (C=O) groups excluding carboxylic acids is 1. The van der Waals surface area contributed by atoms with Crippen molar-refractivity contribution in [3.05, 3.63) is 0 Å². The smallest absolute Gasteiger partial charge is 0.132 e. The van der Waals surface area contributed by atoms with Gasteiger partial charge in [-0.1, -0.05) is 0 Å². The van der Waals surface area contributed by atoms with Crippen LogP contribution in [0, 0.1) is 0 Å². The molecule has 0 aromatic carbocycles. The van der Waals surface area contributed by atoms with E-state index in [1.807, 2.05) is 0 Å². The van der Waals surface area contributed by atoms with Gasteiger partial charge in [0, 0.05) is 20.0 Å². The molecular formula is C9H16O2. The lowest BCUT2D eigenvalue weighted by atomic mass is 9.98. The summed E-state index contributed by atoms with van der Waals surface area (Å²) in [4.78, 5) is 11.0. The van der Waals surface area contributed by atoms with Gasteiger partial charge in [-0.15, -0.1) is 0 Å². The highest BCUT2D eigenvalue weighted by atomic mass is 16.5. The average molecular weight is 156 g/mol. The molecule has 0 saturated heterocycles. The third kappa shape index (κ3) is 3.02. The quantitative estimate of drug-likeness (QED) is 0.579. The molecule has 2 nitrogen and oxygen atoms in total. The lowest BCUT2D eigenvalue weighted by molar-refractivity contribution is -0.119. The Kier molecular flexibility index (Phi) is 3.57. The van der Waals surface area contributed by atoms with E-state index in [1.165, 1.54) is 0 Å². The van der Waals surface area contributed by atoms with Gasteiger partial charge in [0.1, 0.15) is 5.78 Å². The van der Waals surface area contributed by atoms with Crippen LogP contribution in [-0.4, -0.2) is 19.0 Å². The number of hydrogen-bond acceptors (Lipinski definition) is 2. The third-order valence-corrected chi connectivity index (χ3v) is 2.30. The van der Waals surface area contributed by atoms with Crippen molar-refractivity contribution in [3.63, 3.8) is 0 Å². The third-order valence-electron chi connectivity index (χ3n) is 2.30. The SMILES string of the molecule is COC1CCCC(=O)CCC1. The zero-order valence-corrected chi connectivity index (χ0v) is 7.14. The molecule has 0 N–H and O–H groups in total. The second-order valence-corrected chi connectivity index (χ2v) is 3.18. The van der Waals surface area contributed by atoms with Crippen LogP contribution in [0.4, 0.5) is 0 Å². The number of ether oxygens (including phenoxy) is 1. The Morgan fingerprint density at radius 1 is 1.27 bits per heavy atom. The number of carbonyl (C=O) groups is 1. The summed E-state index contributed by atoms with van der Waals surface area (Å²) in [5.41, 5.74) is 0. The van der Waals surface area contributed by atoms with Gasteiger partial charge >= 0.3 is 0 Å². The Bertz CT molecular complexity index is 120. The second kappa shape index (κ2) is 4.50. The summed E-state index contributed by atoms with van der Waals surface area (Å²) < 4.78 is 5.25. The number of hydrogen-bond donors (Lipinski definition) is 0. The summed E-state index contributed by atoms with van der Waals surface area (Å²) in [6.07, 6.45) is 6.07. The molecule has 64 valence electrons. The van der Waals surface area contributed by atoms with Crippen molar-refractivity contribution >= 4 is 5.78 Å². The average Bonchev–Trinajstić information content (AvgIpc) is 1.96. The van der Waals surface area contributed by atoms with Gasteiger partial charge in [0.25, 0.3) is 0 Å². The van der Waals surface area contributed by atoms with Crippen LogP contribution in [0.3, 0.4) is 0 Å². The van der Waals surface area contributed by atoms with Crippen molar-refractivity contribution in [1.82, 2.24) is 0 Å². The van der Waals surface area contributed by atoms with Crippen LogP contribution in [0.5, 0.6) is 0 Å². The molecule has 0 spiro atoms. The van der Waals surface area contributed by atoms with Crippen molar-refractivity contribution < 1.29 is 9.53 Å². The Hall–Kier alpha value is -0.370. The minimum absolute atomic E-state index is 0.406. The Balaban J connectivity index is 2.28. The molecule has 0 aromatic rings. The van der Waals surface area contributed by atoms with Crippen LogP contribution in [-0.2, 0) is 9.53 Å². The molecule has 0 aromatic heterocycles. The first-order chi connectivity index (χ1) is 5.33. The lowest BCUT2D eigenvalue weighted by Gasteiger charge is -2.17. The van der Waals surface area contributed by atoms with Crippen molar-refractivity contribution in [3.8, 4) is 0 Å². The molecule has 0 amide bonds. The highest BCUT2D eigenvalue weighted by Gasteiger charge is 2.13. The Morgan fingerprint density at radius 3 is 2.27 bits per heavy atom. The summed E-state index contributed by atoms with van der Waals surface area (Å²) in [7, 11) is 1.76. The molecule has 0 aliphatic heterocycles. The van der Waals surface area contributed by atoms with Gasteiger partial charge in [-0.05, 0) is 25.7 Å². The molecule has 0 atom stereocenters. The molecule has 2 heteroatoms. The summed E-state index contributed by atoms with van der Waals surface area (Å²) in [5.74, 6) is 0.430. The van der Waals surface area contributed by atoms with E-state index in [1.54, 1.807) is 7.11 Å². The second-order valence-electron chi connectivity index (χ2n) is 3.18. The maximum atomic E-state index is 11.0. The molecule has 1 aliphatic carbocycles. The van der Waals surface area contributed by atoms with Crippen LogP contribution in [0.25, 0.3) is 0 Å². The highest BCUT2D eigenvalue weighted by Crippen LogP contribution is 2.16. The van der Waals surface area contributed by atoms with Gasteiger partial charge in [0.15, 0.2) is 0 Å². The molecule has 0 radical (unpaired) electrons. The maximum absolute atomic E-state index is 11.0. The summed E-state index contributed by atoms with van der Waals surface area (Å²) >= 11 is 0. The van der Waals surface area contributed by atoms with E-state index < -0.39 is 0 Å². The lowest BCUT2D eigenvalue weighted by Crippen LogP contribution is -2.14. The first kappa shape index (κ1) is 8.72. The minimum Gasteiger partial charge on any atom is -0.381 e. The fraction of sp³-hybridized carbons (Fsp3) is 0.889. The molecule has 0 unspecified atom stereocenters. The minimum atomic E-state index is 0.406. The van der Waals surface area contributed by atoms with E-state index in [0.717, 1.165) is 38.5 Å². The van der Waals surface area contributed by atoms with Crippen molar-refractivity contribution in [2.75, 3.05) is 7.11 Å². The predicted molar refractivity (Wildman–Crippen MR) is 43.5 cm³/mol. The molecule has 1 rings (SSSR count). The number of ketones is 1. The van der Waals surface area contributed by atoms with Gasteiger partial charge in [-0.25, -0.2) is 0 Å². The number of rotatable bonds is 1. The van der Waals surface area contributed by atoms with E-state index in [0.29, 0.717) is 11.9 Å². The Labute approximate surface area is 67.9 Å². The fourth-order valence-corrected chi connectivity index (χ4v) is 1.56. The van der Waals surface area contributed by atoms with Crippen molar-refractivity contribution in [2.45, 2.75) is 44.6 Å². The fourth-order valence-electron chi connectivity index (χ4n) is 1.56. The van der Waals surface area contributed by atoms with Crippen LogP contribution in [0.2, 0.25) is 0 Å². The first-order valence-corrected chi connectivity index (χ1v) is 4.37. The molecule has 0 bridgehead atoms. The standard InChI is InChI=1S/C9H16O2/c1-11-9-6-2-4-8(10)5-3-7-9/h9H,2-7H2,1H3. The summed E-state index contributed by atoms with van der Waals surface area (Å²) in [5, 5.41) is 0. The zero-order valence-electron chi connectivity index (χ0n) is 7.14. The van der Waals surface area contributed by atoms with Crippen LogP contribution < -0.4 is 0 Å². The van der Waals surface area contributed by atoms with Crippen molar-refractivity contribution in [1.29, 1.82) is 0 Å². The number of Topliss-reactive ketones (excluding diaryl/α,β-unsaturated/α-hetero) is 1. The molecule has 0 heterocycles. The van der Waals surface area contributed by atoms with Gasteiger partial charge < -0.3 is 4.74 Å². The normalized spacial score (nSPS) is 22.8. The predicted octanol–water partition coefficient (Wildman–Crippen LogP) is 1.92. The van der Waals surface area contributed by atoms with E-state index >= 15 is 0 Å². The summed E-state index contributed by atoms with van der Waals surface area (Å²) in [6, 6.07) is 0. The van der Waals surface area contributed by atoms with E-state index in [-0.39, 0.29) is 0 Å². The largest absolute Gasteiger partial charge is 0.381 e. The van der Waals surface area contributed by atoms with Gasteiger partial charge in [0.05, 0.1) is 6.10 Å². The molecule has 1 saturated carbocycles.